The minimum atomic E-state index is -0.243. The predicted molar refractivity (Wildman–Crippen MR) is 98.2 cm³/mol. The van der Waals surface area contributed by atoms with Gasteiger partial charge < -0.3 is 10.2 Å². The number of hydrogen-bond acceptors (Lipinski definition) is 15. The third kappa shape index (κ3) is 3.95. The van der Waals surface area contributed by atoms with Crippen molar-refractivity contribution in [3.63, 3.8) is 0 Å². The van der Waals surface area contributed by atoms with Gasteiger partial charge in [0, 0.05) is 0 Å². The van der Waals surface area contributed by atoms with Gasteiger partial charge in [0.05, 0.1) is 32.0 Å². The van der Waals surface area contributed by atoms with Crippen LogP contribution in [0.1, 0.15) is 23.0 Å². The fourth-order valence-electron chi connectivity index (χ4n) is 2.44. The molecule has 0 atom stereocenters. The van der Waals surface area contributed by atoms with E-state index < -0.39 is 0 Å². The van der Waals surface area contributed by atoms with Gasteiger partial charge in [-0.3, -0.25) is 10.4 Å². The zero-order valence-corrected chi connectivity index (χ0v) is 15.9. The van der Waals surface area contributed by atoms with Crippen LogP contribution in [0.4, 0.5) is 11.9 Å². The van der Waals surface area contributed by atoms with E-state index in [1.165, 1.54) is 21.8 Å². The third-order valence-electron chi connectivity index (χ3n) is 3.89. The van der Waals surface area contributed by atoms with Gasteiger partial charge in [0.15, 0.2) is 5.82 Å². The summed E-state index contributed by atoms with van der Waals surface area (Å²) in [6, 6.07) is 0. The maximum absolute atomic E-state index is 9.05. The van der Waals surface area contributed by atoms with Crippen LogP contribution in [0.2, 0.25) is 0 Å². The molecule has 0 fully saturated rings. The summed E-state index contributed by atoms with van der Waals surface area (Å²) < 4.78 is 2.62. The summed E-state index contributed by atoms with van der Waals surface area (Å²) in [5, 5.41) is 65.3. The number of aliphatic hydroxyl groups excluding tert-OH is 2. The molecule has 19 nitrogen and oxygen atoms in total. The Morgan fingerprint density at radius 2 is 1.41 bits per heavy atom. The molecule has 5 rings (SSSR count). The highest BCUT2D eigenvalue weighted by atomic mass is 16.3. The van der Waals surface area contributed by atoms with Crippen molar-refractivity contribution in [2.24, 2.45) is 0 Å². The summed E-state index contributed by atoms with van der Waals surface area (Å²) in [5.41, 5.74) is 0.776. The Balaban J connectivity index is 1.22. The monoisotopic (exact) mass is 439 g/mol. The van der Waals surface area contributed by atoms with Crippen molar-refractivity contribution < 1.29 is 10.2 Å². The van der Waals surface area contributed by atoms with Gasteiger partial charge in [-0.1, -0.05) is 10.4 Å². The smallest absolute Gasteiger partial charge is 0.272 e. The number of aromatic nitrogens is 16. The van der Waals surface area contributed by atoms with E-state index in [1.54, 1.807) is 0 Å². The van der Waals surface area contributed by atoms with Gasteiger partial charge in [-0.2, -0.15) is 19.3 Å². The molecule has 162 valence electrons. The number of nitrogens with zero attached hydrogens (tertiary/aromatic N) is 14. The summed E-state index contributed by atoms with van der Waals surface area (Å²) in [5.74, 6) is 1.53. The Labute approximate surface area is 176 Å². The van der Waals surface area contributed by atoms with Crippen LogP contribution in [-0.2, 0) is 19.6 Å². The van der Waals surface area contributed by atoms with Crippen molar-refractivity contribution in [3.05, 3.63) is 35.4 Å². The molecule has 0 unspecified atom stereocenters. The highest BCUT2D eigenvalue weighted by Gasteiger charge is 2.12. The molecule has 19 heteroatoms. The van der Waals surface area contributed by atoms with E-state index in [1.807, 2.05) is 0 Å². The molecule has 5 N–H and O–H groups in total. The molecule has 0 spiro atoms. The molecule has 0 aliphatic rings. The normalized spacial score (nSPS) is 11.2. The Kier molecular flexibility index (Phi) is 4.89. The van der Waals surface area contributed by atoms with E-state index in [-0.39, 0.29) is 43.4 Å². The molecule has 5 heterocycles. The molecular weight excluding hydrogens is 426 g/mol. The second kappa shape index (κ2) is 8.16. The van der Waals surface area contributed by atoms with Crippen LogP contribution in [-0.4, -0.2) is 91.0 Å². The second-order valence-electron chi connectivity index (χ2n) is 6.13. The summed E-state index contributed by atoms with van der Waals surface area (Å²) in [6.45, 7) is -0.475. The lowest BCUT2D eigenvalue weighted by Gasteiger charge is -1.99. The molecule has 0 saturated heterocycles. The van der Waals surface area contributed by atoms with Crippen molar-refractivity contribution in [1.29, 1.82) is 0 Å². The number of rotatable bonds is 8. The van der Waals surface area contributed by atoms with Gasteiger partial charge in [0.2, 0.25) is 5.95 Å². The Morgan fingerprint density at radius 3 is 2.03 bits per heavy atom. The molecule has 32 heavy (non-hydrogen) atoms. The van der Waals surface area contributed by atoms with Crippen LogP contribution in [0.25, 0.3) is 11.9 Å². The van der Waals surface area contributed by atoms with Crippen LogP contribution in [0, 0.1) is 0 Å². The molecule has 0 aliphatic heterocycles. The van der Waals surface area contributed by atoms with E-state index in [9.17, 15) is 0 Å². The first-order valence-electron chi connectivity index (χ1n) is 8.92. The molecule has 0 saturated carbocycles. The molecule has 0 aliphatic carbocycles. The average molecular weight is 439 g/mol. The van der Waals surface area contributed by atoms with E-state index in [0.29, 0.717) is 23.0 Å². The first kappa shape index (κ1) is 19.2. The minimum Gasteiger partial charge on any atom is -0.390 e. The quantitative estimate of drug-likeness (QED) is 0.161. The number of nitrogens with one attached hydrogen (secondary N) is 3. The Hall–Kier alpha value is -4.78. The first-order valence-corrected chi connectivity index (χ1v) is 8.92. The maximum Gasteiger partial charge on any atom is 0.272 e. The van der Waals surface area contributed by atoms with Crippen molar-refractivity contribution in [1.82, 2.24) is 80.7 Å². The largest absolute Gasteiger partial charge is 0.390 e. The van der Waals surface area contributed by atoms with Gasteiger partial charge >= 0.3 is 0 Å². The van der Waals surface area contributed by atoms with Crippen LogP contribution in [0.15, 0.2) is 12.4 Å². The molecule has 5 aromatic rings. The summed E-state index contributed by atoms with van der Waals surface area (Å²) in [4.78, 5) is 8.43. The van der Waals surface area contributed by atoms with Gasteiger partial charge in [0.25, 0.3) is 17.8 Å². The van der Waals surface area contributed by atoms with Crippen molar-refractivity contribution in [3.8, 4) is 11.9 Å². The van der Waals surface area contributed by atoms with Gasteiger partial charge in [-0.25, -0.2) is 5.10 Å². The molecule has 0 bridgehead atoms. The van der Waals surface area contributed by atoms with Crippen LogP contribution < -0.4 is 5.32 Å². The van der Waals surface area contributed by atoms with Gasteiger partial charge in [-0.05, 0) is 0 Å². The van der Waals surface area contributed by atoms with E-state index >= 15 is 0 Å². The lowest BCUT2D eigenvalue weighted by atomic mass is 10.4. The number of H-pyrrole nitrogens is 2. The van der Waals surface area contributed by atoms with Crippen LogP contribution in [0.5, 0.6) is 0 Å². The van der Waals surface area contributed by atoms with Crippen LogP contribution >= 0.6 is 0 Å². The topological polar surface area (TPSA) is 249 Å². The van der Waals surface area contributed by atoms with Crippen molar-refractivity contribution in [2.45, 2.75) is 19.6 Å². The standard InChI is InChI=1S/C13H13N17O2/c31-4-6-2-29(27-17-6)12-14-8(19-25-12)1-9-20-23-11(24-21-9)15-10-16-13(26-22-10)30-3-7(5-32)18-28-30/h2-3,31-32H,1,4-5H2,(H,14,19,25)(H2,15,16,22,23,24,26). The third-order valence-corrected chi connectivity index (χ3v) is 3.89. The van der Waals surface area contributed by atoms with Gasteiger partial charge in [-0.15, -0.1) is 40.8 Å². The van der Waals surface area contributed by atoms with E-state index in [4.69, 9.17) is 10.2 Å². The van der Waals surface area contributed by atoms with Crippen LogP contribution in [0.3, 0.4) is 0 Å². The lowest BCUT2D eigenvalue weighted by molar-refractivity contribution is 0.276. The number of anilines is 2. The van der Waals surface area contributed by atoms with Gasteiger partial charge in [0.1, 0.15) is 17.2 Å². The second-order valence-corrected chi connectivity index (χ2v) is 6.13. The zero-order valence-electron chi connectivity index (χ0n) is 15.9. The number of hydrogen-bond donors (Lipinski definition) is 5. The molecule has 0 amide bonds. The fourth-order valence-corrected chi connectivity index (χ4v) is 2.44. The maximum atomic E-state index is 9.05. The summed E-state index contributed by atoms with van der Waals surface area (Å²) >= 11 is 0. The Morgan fingerprint density at radius 1 is 0.781 bits per heavy atom. The lowest BCUT2D eigenvalue weighted by Crippen LogP contribution is -2.07. The molecule has 0 aromatic carbocycles. The SMILES string of the molecule is OCc1cn(-c2n[nH]c(Cc3nnc(Nc4nc(-n5cc(CO)nn5)n[nH]4)nn3)n2)nn1. The Bertz CT molecular complexity index is 1210. The fraction of sp³-hybridized carbons (Fsp3) is 0.231. The summed E-state index contributed by atoms with van der Waals surface area (Å²) in [6.07, 6.45) is 3.20. The highest BCUT2D eigenvalue weighted by Crippen LogP contribution is 2.09. The molecule has 5 aromatic heterocycles. The zero-order chi connectivity index (χ0) is 21.9. The predicted octanol–water partition coefficient (Wildman–Crippen LogP) is -3.02. The van der Waals surface area contributed by atoms with Crippen molar-refractivity contribution in [2.75, 3.05) is 5.32 Å². The average Bonchev–Trinajstić information content (AvgIpc) is 3.60. The van der Waals surface area contributed by atoms with Crippen molar-refractivity contribution >= 4 is 11.9 Å². The molecular formula is C13H13N17O2. The first-order chi connectivity index (χ1) is 15.7. The number of aliphatic hydroxyl groups is 2. The molecule has 0 radical (unpaired) electrons. The van der Waals surface area contributed by atoms with E-state index in [2.05, 4.69) is 76.7 Å². The minimum absolute atomic E-state index is 0.0866. The van der Waals surface area contributed by atoms with E-state index in [0.717, 1.165) is 0 Å². The highest BCUT2D eigenvalue weighted by molar-refractivity contribution is 5.41. The number of aromatic amines is 2. The summed E-state index contributed by atoms with van der Waals surface area (Å²) in [7, 11) is 0.